The van der Waals surface area contributed by atoms with Crippen LogP contribution in [0, 0.1) is 5.41 Å². The van der Waals surface area contributed by atoms with Gasteiger partial charge < -0.3 is 16.0 Å². The van der Waals surface area contributed by atoms with E-state index in [0.29, 0.717) is 16.3 Å². The topological polar surface area (TPSA) is 120 Å². The second-order valence-electron chi connectivity index (χ2n) is 6.27. The van der Waals surface area contributed by atoms with Gasteiger partial charge in [0.2, 0.25) is 10.0 Å². The number of nitrogens with one attached hydrogen (secondary N) is 2. The van der Waals surface area contributed by atoms with Crippen molar-refractivity contribution in [3.63, 3.8) is 0 Å². The van der Waals surface area contributed by atoms with Crippen LogP contribution in [-0.4, -0.2) is 55.7 Å². The number of nitrogen functional groups attached to an aromatic ring is 1. The van der Waals surface area contributed by atoms with Gasteiger partial charge in [-0.3, -0.25) is 5.41 Å². The molecule has 10 heteroatoms. The lowest BCUT2D eigenvalue weighted by Crippen LogP contribution is -2.51. The summed E-state index contributed by atoms with van der Waals surface area (Å²) in [6.45, 7) is 0.984. The summed E-state index contributed by atoms with van der Waals surface area (Å²) in [6, 6.07) is 12.3. The molecule has 0 radical (unpaired) electrons. The summed E-state index contributed by atoms with van der Waals surface area (Å²) >= 11 is 5.82. The highest BCUT2D eigenvalue weighted by Gasteiger charge is 2.30. The van der Waals surface area contributed by atoms with Gasteiger partial charge in [0.1, 0.15) is 5.84 Å². The van der Waals surface area contributed by atoms with Crippen molar-refractivity contribution in [2.75, 3.05) is 31.5 Å². The lowest BCUT2D eigenvalue weighted by molar-refractivity contribution is 0.184. The van der Waals surface area contributed by atoms with Gasteiger partial charge in [-0.25, -0.2) is 13.2 Å². The second-order valence-corrected chi connectivity index (χ2v) is 8.64. The van der Waals surface area contributed by atoms with Gasteiger partial charge in [0.15, 0.2) is 0 Å². The first kappa shape index (κ1) is 20.1. The summed E-state index contributed by atoms with van der Waals surface area (Å²) in [7, 11) is -3.62. The third-order valence-electron chi connectivity index (χ3n) is 4.42. The molecule has 0 aromatic heterocycles. The number of halogens is 1. The van der Waals surface area contributed by atoms with E-state index in [-0.39, 0.29) is 42.9 Å². The van der Waals surface area contributed by atoms with Crippen LogP contribution in [-0.2, 0) is 10.0 Å². The number of piperazine rings is 1. The average molecular weight is 422 g/mol. The fourth-order valence-corrected chi connectivity index (χ4v) is 4.37. The molecule has 0 atom stereocenters. The summed E-state index contributed by atoms with van der Waals surface area (Å²) in [4.78, 5) is 14.2. The molecule has 1 aliphatic heterocycles. The van der Waals surface area contributed by atoms with Crippen LogP contribution in [0.25, 0.3) is 0 Å². The lowest BCUT2D eigenvalue weighted by Gasteiger charge is -2.34. The molecule has 2 amide bonds. The first-order valence-corrected chi connectivity index (χ1v) is 10.4. The summed E-state index contributed by atoms with van der Waals surface area (Å²) in [5.41, 5.74) is 6.55. The van der Waals surface area contributed by atoms with Gasteiger partial charge in [-0.1, -0.05) is 11.6 Å². The molecular weight excluding hydrogens is 402 g/mol. The lowest BCUT2D eigenvalue weighted by atomic mass is 10.2. The third kappa shape index (κ3) is 4.44. The van der Waals surface area contributed by atoms with Crippen LogP contribution in [0.4, 0.5) is 10.5 Å². The highest BCUT2D eigenvalue weighted by molar-refractivity contribution is 7.89. The van der Waals surface area contributed by atoms with Crippen molar-refractivity contribution in [3.05, 3.63) is 59.1 Å². The number of nitrogens with two attached hydrogens (primary N) is 1. The minimum Gasteiger partial charge on any atom is -0.384 e. The Labute approximate surface area is 168 Å². The molecule has 4 N–H and O–H groups in total. The van der Waals surface area contributed by atoms with Crippen LogP contribution in [0.1, 0.15) is 5.56 Å². The Hall–Kier alpha value is -2.62. The maximum atomic E-state index is 12.7. The van der Waals surface area contributed by atoms with Gasteiger partial charge in [0, 0.05) is 42.5 Å². The van der Waals surface area contributed by atoms with Crippen LogP contribution in [0.2, 0.25) is 5.02 Å². The van der Waals surface area contributed by atoms with Gasteiger partial charge >= 0.3 is 6.03 Å². The Kier molecular flexibility index (Phi) is 5.87. The van der Waals surface area contributed by atoms with Crippen molar-refractivity contribution in [2.45, 2.75) is 4.90 Å². The molecule has 28 heavy (non-hydrogen) atoms. The highest BCUT2D eigenvalue weighted by Crippen LogP contribution is 2.20. The number of carbonyl (C=O) groups excluding carboxylic acids is 1. The number of benzene rings is 2. The number of rotatable bonds is 4. The number of nitrogens with zero attached hydrogens (tertiary/aromatic N) is 2. The van der Waals surface area contributed by atoms with E-state index >= 15 is 0 Å². The molecule has 1 heterocycles. The number of anilines is 1. The molecule has 2 aromatic carbocycles. The first-order chi connectivity index (χ1) is 13.3. The number of hydrogen-bond acceptors (Lipinski definition) is 4. The molecule has 1 fully saturated rings. The van der Waals surface area contributed by atoms with Crippen LogP contribution >= 0.6 is 11.6 Å². The quantitative estimate of drug-likeness (QED) is 0.517. The Morgan fingerprint density at radius 3 is 2.11 bits per heavy atom. The van der Waals surface area contributed by atoms with Crippen LogP contribution in [0.5, 0.6) is 0 Å². The molecule has 148 valence electrons. The van der Waals surface area contributed by atoms with Crippen molar-refractivity contribution in [1.82, 2.24) is 9.21 Å². The van der Waals surface area contributed by atoms with E-state index in [0.717, 1.165) is 0 Å². The number of urea groups is 1. The normalized spacial score (nSPS) is 15.2. The molecule has 1 aliphatic rings. The van der Waals surface area contributed by atoms with Crippen LogP contribution < -0.4 is 11.1 Å². The van der Waals surface area contributed by atoms with Gasteiger partial charge in [0.05, 0.1) is 4.90 Å². The second kappa shape index (κ2) is 8.17. The van der Waals surface area contributed by atoms with Crippen LogP contribution in [0.15, 0.2) is 53.4 Å². The average Bonchev–Trinajstić information content (AvgIpc) is 2.69. The monoisotopic (exact) mass is 421 g/mol. The molecule has 0 bridgehead atoms. The SMILES string of the molecule is N=C(N)c1ccc(NC(=O)N2CCN(S(=O)(=O)c3ccc(Cl)cc3)CC2)cc1. The molecular formula is C18H20ClN5O3S. The summed E-state index contributed by atoms with van der Waals surface area (Å²) in [5, 5.41) is 10.6. The fraction of sp³-hybridized carbons (Fsp3) is 0.222. The Bertz CT molecular complexity index is 969. The minimum absolute atomic E-state index is 0.0455. The van der Waals surface area contributed by atoms with E-state index in [4.69, 9.17) is 22.7 Å². The van der Waals surface area contributed by atoms with E-state index in [2.05, 4.69) is 5.32 Å². The van der Waals surface area contributed by atoms with Crippen molar-refractivity contribution in [1.29, 1.82) is 5.41 Å². The molecule has 0 saturated carbocycles. The first-order valence-electron chi connectivity index (χ1n) is 8.53. The Morgan fingerprint density at radius 1 is 1.00 bits per heavy atom. The zero-order valence-electron chi connectivity index (χ0n) is 14.9. The molecule has 8 nitrogen and oxygen atoms in total. The zero-order chi connectivity index (χ0) is 20.3. The summed E-state index contributed by atoms with van der Waals surface area (Å²) < 4.78 is 26.7. The predicted octanol–water partition coefficient (Wildman–Crippen LogP) is 2.16. The smallest absolute Gasteiger partial charge is 0.321 e. The molecule has 1 saturated heterocycles. The van der Waals surface area contributed by atoms with E-state index < -0.39 is 10.0 Å². The van der Waals surface area contributed by atoms with Gasteiger partial charge in [-0.15, -0.1) is 0 Å². The van der Waals surface area contributed by atoms with Crippen LogP contribution in [0.3, 0.4) is 0 Å². The fourth-order valence-electron chi connectivity index (χ4n) is 2.82. The Balaban J connectivity index is 1.59. The highest BCUT2D eigenvalue weighted by atomic mass is 35.5. The number of amides is 2. The molecule has 0 spiro atoms. The van der Waals surface area contributed by atoms with E-state index in [1.807, 2.05) is 0 Å². The number of carbonyl (C=O) groups is 1. The van der Waals surface area contributed by atoms with Crippen molar-refractivity contribution in [2.24, 2.45) is 5.73 Å². The number of amidine groups is 1. The number of hydrogen-bond donors (Lipinski definition) is 3. The largest absolute Gasteiger partial charge is 0.384 e. The third-order valence-corrected chi connectivity index (χ3v) is 6.59. The van der Waals surface area contributed by atoms with E-state index in [1.54, 1.807) is 29.2 Å². The summed E-state index contributed by atoms with van der Waals surface area (Å²) in [5.74, 6) is -0.0455. The van der Waals surface area contributed by atoms with Gasteiger partial charge in [-0.2, -0.15) is 4.31 Å². The molecule has 2 aromatic rings. The maximum Gasteiger partial charge on any atom is 0.321 e. The number of sulfonamides is 1. The predicted molar refractivity (Wildman–Crippen MR) is 108 cm³/mol. The molecule has 0 aliphatic carbocycles. The van der Waals surface area contributed by atoms with Gasteiger partial charge in [-0.05, 0) is 48.5 Å². The summed E-state index contributed by atoms with van der Waals surface area (Å²) in [6.07, 6.45) is 0. The zero-order valence-corrected chi connectivity index (χ0v) is 16.5. The molecule has 0 unspecified atom stereocenters. The van der Waals surface area contributed by atoms with E-state index in [9.17, 15) is 13.2 Å². The maximum absolute atomic E-state index is 12.7. The molecule has 3 rings (SSSR count). The van der Waals surface area contributed by atoms with Crippen molar-refractivity contribution < 1.29 is 13.2 Å². The Morgan fingerprint density at radius 2 is 1.57 bits per heavy atom. The van der Waals surface area contributed by atoms with Crippen molar-refractivity contribution in [3.8, 4) is 0 Å². The van der Waals surface area contributed by atoms with Crippen molar-refractivity contribution >= 4 is 39.2 Å². The van der Waals surface area contributed by atoms with Gasteiger partial charge in [0.25, 0.3) is 0 Å². The van der Waals surface area contributed by atoms with E-state index in [1.165, 1.54) is 28.6 Å². The standard InChI is InChI=1S/C18H20ClN5O3S/c19-14-3-7-16(8-4-14)28(26,27)24-11-9-23(10-12-24)18(25)22-15-5-1-13(2-6-15)17(20)21/h1-8H,9-12H2,(H3,20,21)(H,22,25). The minimum atomic E-state index is -3.62.